The summed E-state index contributed by atoms with van der Waals surface area (Å²) in [4.78, 5) is 7.21. The van der Waals surface area contributed by atoms with Crippen molar-refractivity contribution in [3.63, 3.8) is 0 Å². The summed E-state index contributed by atoms with van der Waals surface area (Å²) in [5.74, 6) is 0. The maximum absolute atomic E-state index is 7.13. The van der Waals surface area contributed by atoms with Gasteiger partial charge >= 0.3 is 0 Å². The molecule has 29 rings (SSSR count). The zero-order valence-corrected chi connectivity index (χ0v) is 84.6. The van der Waals surface area contributed by atoms with Crippen molar-refractivity contribution in [3.05, 3.63) is 584 Å². The summed E-state index contributed by atoms with van der Waals surface area (Å²) < 4.78 is 12.5. The molecule has 3 aliphatic rings. The summed E-state index contributed by atoms with van der Waals surface area (Å²) in [5, 5.41) is 9.95. The second-order valence-electron chi connectivity index (χ2n) is 40.3. The standard InChI is InChI=1S/C51H37NS.C49H35NS.C43H29NO/c1-51(2)45-18-10-9-16-44(45)48-46(51)33-32-43-42-17-11-19-47(49(42)53-50(43)48)52(40-28-24-38(25-29-40)35-14-7-4-8-15-35)41-30-26-39(27-31-41)37-22-20-36(21-23-37)34-12-5-3-6-13-34;1-49(2)42-22-12-11-20-41(42)46-43(49)30-28-40-39-21-13-23-45(47(39)51-48(40)46)50(35-26-24-33(25-27-35)32-14-5-3-6-15-32)44-31-29-36(34-16-7-4-8-17-34)37-18-9-10-19-38(37)44;1-5-16-30(17-6-1)43(31-18-7-2-8-19-31)37-26-14-13-24-36(37)40-38(43)29-28-35-34-25-15-27-39(41(34)45-42(35)40)44(32-20-9-3-10-21-32)33-22-11-4-12-23-33/h3-33H,1-2H3;3-31H,1-2H3;1-29H. The van der Waals surface area contributed by atoms with E-state index >= 15 is 0 Å². The molecule has 23 aromatic carbocycles. The van der Waals surface area contributed by atoms with Crippen molar-refractivity contribution in [2.75, 3.05) is 14.7 Å². The van der Waals surface area contributed by atoms with Crippen molar-refractivity contribution in [1.29, 1.82) is 0 Å². The molecule has 0 radical (unpaired) electrons. The van der Waals surface area contributed by atoms with E-state index in [-0.39, 0.29) is 10.8 Å². The van der Waals surface area contributed by atoms with Gasteiger partial charge in [0, 0.05) is 103 Å². The number of para-hydroxylation sites is 3. The third kappa shape index (κ3) is 15.1. The van der Waals surface area contributed by atoms with E-state index in [4.69, 9.17) is 4.42 Å². The first-order valence-corrected chi connectivity index (χ1v) is 53.1. The molecule has 0 N–H and O–H groups in total. The lowest BCUT2D eigenvalue weighted by Gasteiger charge is -2.33. The topological polar surface area (TPSA) is 22.9 Å². The summed E-state index contributed by atoms with van der Waals surface area (Å²) in [5.41, 5.74) is 42.2. The van der Waals surface area contributed by atoms with Crippen molar-refractivity contribution in [2.24, 2.45) is 0 Å². The van der Waals surface area contributed by atoms with Crippen LogP contribution in [0.4, 0.5) is 51.2 Å². The Labute approximate surface area is 876 Å². The number of nitrogens with zero attached hydrogens (tertiary/aromatic N) is 3. The van der Waals surface area contributed by atoms with Gasteiger partial charge in [0.15, 0.2) is 5.58 Å². The van der Waals surface area contributed by atoms with Crippen LogP contribution in [0.1, 0.15) is 72.2 Å². The van der Waals surface area contributed by atoms with Crippen LogP contribution in [0.5, 0.6) is 0 Å². The minimum Gasteiger partial charge on any atom is -0.453 e. The van der Waals surface area contributed by atoms with Gasteiger partial charge in [-0.15, -0.1) is 22.7 Å². The molecule has 0 bridgehead atoms. The van der Waals surface area contributed by atoms with E-state index in [9.17, 15) is 0 Å². The number of fused-ring (bicyclic) bond motifs is 22. The highest BCUT2D eigenvalue weighted by Crippen LogP contribution is 2.62. The molecular formula is C143H101N3OS2. The highest BCUT2D eigenvalue weighted by molar-refractivity contribution is 7.27. The molecule has 0 unspecified atom stereocenters. The molecule has 0 spiro atoms. The highest BCUT2D eigenvalue weighted by Gasteiger charge is 2.48. The molecule has 3 heterocycles. The Hall–Kier alpha value is -18.0. The molecular weight excluding hydrogens is 1840 g/mol. The lowest BCUT2D eigenvalue weighted by atomic mass is 9.68. The minimum atomic E-state index is -0.468. The predicted molar refractivity (Wildman–Crippen MR) is 634 cm³/mol. The van der Waals surface area contributed by atoms with Gasteiger partial charge < -0.3 is 19.1 Å². The third-order valence-electron chi connectivity index (χ3n) is 31.3. The first-order chi connectivity index (χ1) is 73.5. The van der Waals surface area contributed by atoms with Crippen LogP contribution in [0.3, 0.4) is 0 Å². The molecule has 26 aromatic rings. The number of furan rings is 1. The van der Waals surface area contributed by atoms with E-state index in [1.165, 1.54) is 202 Å². The predicted octanol–water partition coefficient (Wildman–Crippen LogP) is 40.6. The fourth-order valence-electron chi connectivity index (χ4n) is 24.3. The molecule has 0 saturated carbocycles. The van der Waals surface area contributed by atoms with E-state index in [2.05, 4.69) is 582 Å². The van der Waals surface area contributed by atoms with Crippen LogP contribution in [-0.4, -0.2) is 0 Å². The fraction of sp³-hybridized carbons (Fsp3) is 0.0490. The Morgan fingerprint density at radius 1 is 0.168 bits per heavy atom. The molecule has 6 heteroatoms. The van der Waals surface area contributed by atoms with Crippen LogP contribution < -0.4 is 14.7 Å². The SMILES string of the molecule is CC1(C)c2ccccc2-c2c1ccc1c2sc2c(N(c3ccc(-c4ccccc4)cc3)c3ccc(-c4ccc(-c5ccccc5)cc4)cc3)cccc21.CC1(C)c2ccccc2-c2c1ccc1c2sc2c(N(c3ccc(-c4ccccc4)cc3)c3ccc(-c4ccccc4)c4ccccc34)cccc21.c1ccc(N(c2ccccc2)c2cccc3c2oc2c4c(ccc23)C(c2ccccc2)(c2ccccc2)c2ccccc2-4)cc1. The summed E-state index contributed by atoms with van der Waals surface area (Å²) in [6.45, 7) is 9.47. The van der Waals surface area contributed by atoms with Gasteiger partial charge in [0.1, 0.15) is 5.58 Å². The van der Waals surface area contributed by atoms with Crippen molar-refractivity contribution in [3.8, 4) is 89.0 Å². The number of hydrogen-bond acceptors (Lipinski definition) is 6. The quantitative estimate of drug-likeness (QED) is 0.0962. The summed E-state index contributed by atoms with van der Waals surface area (Å²) in [6.07, 6.45) is 0. The Balaban J connectivity index is 0.000000110. The van der Waals surface area contributed by atoms with Gasteiger partial charge in [-0.3, -0.25) is 0 Å². The van der Waals surface area contributed by atoms with Crippen molar-refractivity contribution in [1.82, 2.24) is 0 Å². The molecule has 4 nitrogen and oxygen atoms in total. The normalized spacial score (nSPS) is 13.0. The zero-order chi connectivity index (χ0) is 99.4. The smallest absolute Gasteiger partial charge is 0.159 e. The Morgan fingerprint density at radius 2 is 0.470 bits per heavy atom. The molecule has 3 aromatic heterocycles. The van der Waals surface area contributed by atoms with E-state index in [1.54, 1.807) is 0 Å². The summed E-state index contributed by atoms with van der Waals surface area (Å²) in [6, 6.07) is 196. The third-order valence-corrected chi connectivity index (χ3v) is 33.9. The van der Waals surface area contributed by atoms with Gasteiger partial charge in [0.2, 0.25) is 0 Å². The largest absolute Gasteiger partial charge is 0.453 e. The number of benzene rings is 23. The van der Waals surface area contributed by atoms with Gasteiger partial charge in [0.05, 0.1) is 37.6 Å². The van der Waals surface area contributed by atoms with Crippen LogP contribution in [0.15, 0.2) is 544 Å². The molecule has 0 saturated heterocycles. The van der Waals surface area contributed by atoms with Gasteiger partial charge in [0.25, 0.3) is 0 Å². The average Bonchev–Trinajstić information content (AvgIpc) is 1.53. The van der Waals surface area contributed by atoms with E-state index in [0.29, 0.717) is 0 Å². The molecule has 0 fully saturated rings. The highest BCUT2D eigenvalue weighted by atomic mass is 32.1. The summed E-state index contributed by atoms with van der Waals surface area (Å²) >= 11 is 3.87. The maximum Gasteiger partial charge on any atom is 0.159 e. The molecule has 3 aliphatic carbocycles. The van der Waals surface area contributed by atoms with E-state index in [0.717, 1.165) is 56.1 Å². The van der Waals surface area contributed by atoms with Crippen molar-refractivity contribution in [2.45, 2.75) is 43.9 Å². The van der Waals surface area contributed by atoms with Crippen molar-refractivity contribution >= 4 is 147 Å². The van der Waals surface area contributed by atoms with Gasteiger partial charge in [-0.1, -0.05) is 483 Å². The minimum absolute atomic E-state index is 0.0325. The second kappa shape index (κ2) is 36.9. The molecule has 0 atom stereocenters. The Kier molecular flexibility index (Phi) is 22.2. The summed E-state index contributed by atoms with van der Waals surface area (Å²) in [7, 11) is 0. The number of hydrogen-bond donors (Lipinski definition) is 0. The monoisotopic (exact) mass is 1940 g/mol. The van der Waals surface area contributed by atoms with Gasteiger partial charge in [-0.2, -0.15) is 0 Å². The van der Waals surface area contributed by atoms with Crippen LogP contribution in [0.2, 0.25) is 0 Å². The molecule has 149 heavy (non-hydrogen) atoms. The Bertz CT molecular complexity index is 9500. The molecule has 0 aliphatic heterocycles. The number of rotatable bonds is 16. The number of thiophene rings is 2. The molecule has 0 amide bonds. The van der Waals surface area contributed by atoms with E-state index < -0.39 is 5.41 Å². The Morgan fingerprint density at radius 3 is 0.919 bits per heavy atom. The maximum atomic E-state index is 7.13. The first kappa shape index (κ1) is 89.8. The van der Waals surface area contributed by atoms with Crippen LogP contribution in [-0.2, 0) is 16.2 Å². The lowest BCUT2D eigenvalue weighted by molar-refractivity contribution is 0.661. The first-order valence-electron chi connectivity index (χ1n) is 51.5. The van der Waals surface area contributed by atoms with Crippen LogP contribution >= 0.6 is 22.7 Å². The number of anilines is 9. The lowest BCUT2D eigenvalue weighted by Crippen LogP contribution is -2.28. The van der Waals surface area contributed by atoms with Crippen LogP contribution in [0, 0.1) is 0 Å². The van der Waals surface area contributed by atoms with E-state index in [1.807, 2.05) is 22.7 Å². The second-order valence-corrected chi connectivity index (χ2v) is 42.3. The fourth-order valence-corrected chi connectivity index (χ4v) is 27.0. The van der Waals surface area contributed by atoms with Gasteiger partial charge in [-0.05, 0) is 207 Å². The van der Waals surface area contributed by atoms with Crippen molar-refractivity contribution < 1.29 is 4.42 Å². The van der Waals surface area contributed by atoms with Gasteiger partial charge in [-0.25, -0.2) is 0 Å². The molecule has 706 valence electrons. The zero-order valence-electron chi connectivity index (χ0n) is 83.0. The van der Waals surface area contributed by atoms with Crippen LogP contribution in [0.25, 0.3) is 162 Å². The average molecular weight is 1940 g/mol.